The summed E-state index contributed by atoms with van der Waals surface area (Å²) in [5.41, 5.74) is 2.53. The lowest BCUT2D eigenvalue weighted by molar-refractivity contribution is -0.384. The number of nitro benzene ring substituents is 1. The van der Waals surface area contributed by atoms with E-state index in [1.54, 1.807) is 11.0 Å². The van der Waals surface area contributed by atoms with Crippen LogP contribution in [0.2, 0.25) is 0 Å². The van der Waals surface area contributed by atoms with Crippen LogP contribution in [0.5, 0.6) is 11.5 Å². The summed E-state index contributed by atoms with van der Waals surface area (Å²) in [5, 5.41) is 15.3. The molecule has 0 radical (unpaired) electrons. The molecule has 166 valence electrons. The molecule has 8 nitrogen and oxygen atoms in total. The van der Waals surface area contributed by atoms with E-state index in [0.717, 1.165) is 24.4 Å². The number of rotatable bonds is 5. The maximum absolute atomic E-state index is 13.4. The molecule has 2 heterocycles. The second-order valence-electron chi connectivity index (χ2n) is 7.84. The van der Waals surface area contributed by atoms with Crippen LogP contribution >= 0.6 is 0 Å². The van der Waals surface area contributed by atoms with Crippen molar-refractivity contribution in [1.82, 2.24) is 15.2 Å². The molecule has 1 aliphatic heterocycles. The second-order valence-corrected chi connectivity index (χ2v) is 7.84. The Morgan fingerprint density at radius 2 is 1.64 bits per heavy atom. The third-order valence-corrected chi connectivity index (χ3v) is 5.73. The lowest BCUT2D eigenvalue weighted by atomic mass is 10.0. The Morgan fingerprint density at radius 1 is 0.939 bits per heavy atom. The fourth-order valence-electron chi connectivity index (χ4n) is 4.09. The monoisotopic (exact) mass is 442 g/mol. The van der Waals surface area contributed by atoms with E-state index in [4.69, 9.17) is 4.74 Å². The van der Waals surface area contributed by atoms with E-state index in [0.29, 0.717) is 41.0 Å². The van der Waals surface area contributed by atoms with Gasteiger partial charge < -0.3 is 19.9 Å². The number of ether oxygens (including phenoxy) is 1. The first-order valence-corrected chi connectivity index (χ1v) is 10.7. The van der Waals surface area contributed by atoms with Gasteiger partial charge in [0.15, 0.2) is 0 Å². The number of nitrogens with zero attached hydrogens (tertiary/aromatic N) is 2. The van der Waals surface area contributed by atoms with Gasteiger partial charge in [0.2, 0.25) is 0 Å². The number of aromatic nitrogens is 1. The number of nitrogens with one attached hydrogen (secondary N) is 2. The SMILES string of the molecule is O=C(c1[nH]c2ccc([N+](=O)[O-])cc2c1-c1ccc(Oc2ccccc2)cc1)N1CCNCC1. The highest BCUT2D eigenvalue weighted by molar-refractivity contribution is 6.10. The Kier molecular flexibility index (Phi) is 5.50. The highest BCUT2D eigenvalue weighted by Gasteiger charge is 2.26. The van der Waals surface area contributed by atoms with Gasteiger partial charge in [0.1, 0.15) is 17.2 Å². The number of hydrogen-bond donors (Lipinski definition) is 2. The number of para-hydroxylation sites is 1. The molecule has 0 atom stereocenters. The smallest absolute Gasteiger partial charge is 0.271 e. The van der Waals surface area contributed by atoms with Crippen LogP contribution in [0.25, 0.3) is 22.0 Å². The Morgan fingerprint density at radius 3 is 2.33 bits per heavy atom. The minimum Gasteiger partial charge on any atom is -0.457 e. The zero-order chi connectivity index (χ0) is 22.8. The highest BCUT2D eigenvalue weighted by Crippen LogP contribution is 2.36. The van der Waals surface area contributed by atoms with Gasteiger partial charge in [-0.1, -0.05) is 30.3 Å². The Hall–Kier alpha value is -4.17. The first-order chi connectivity index (χ1) is 16.1. The number of aromatic amines is 1. The van der Waals surface area contributed by atoms with Crippen molar-refractivity contribution in [3.8, 4) is 22.6 Å². The fourth-order valence-corrected chi connectivity index (χ4v) is 4.09. The molecule has 0 unspecified atom stereocenters. The standard InChI is InChI=1S/C25H22N4O4/c30-25(28-14-12-26-13-15-28)24-23(21-16-18(29(31)32)8-11-22(21)27-24)17-6-9-20(10-7-17)33-19-4-2-1-3-5-19/h1-11,16,26-27H,12-15H2. The third kappa shape index (κ3) is 4.16. The maximum atomic E-state index is 13.4. The highest BCUT2D eigenvalue weighted by atomic mass is 16.6. The van der Waals surface area contributed by atoms with Gasteiger partial charge in [0, 0.05) is 54.8 Å². The molecule has 1 aromatic heterocycles. The van der Waals surface area contributed by atoms with Crippen molar-refractivity contribution in [1.29, 1.82) is 0 Å². The molecule has 1 saturated heterocycles. The zero-order valence-corrected chi connectivity index (χ0v) is 17.8. The van der Waals surface area contributed by atoms with Crippen LogP contribution in [0.1, 0.15) is 10.5 Å². The maximum Gasteiger partial charge on any atom is 0.271 e. The number of nitro groups is 1. The number of piperazine rings is 1. The molecule has 1 amide bonds. The summed E-state index contributed by atoms with van der Waals surface area (Å²) in [6, 6.07) is 21.5. The molecule has 3 aromatic carbocycles. The van der Waals surface area contributed by atoms with Crippen LogP contribution in [0.15, 0.2) is 72.8 Å². The van der Waals surface area contributed by atoms with Crippen molar-refractivity contribution < 1.29 is 14.5 Å². The molecule has 0 spiro atoms. The predicted octanol–water partition coefficient (Wildman–Crippen LogP) is 4.58. The number of hydrogen-bond acceptors (Lipinski definition) is 5. The number of amides is 1. The largest absolute Gasteiger partial charge is 0.457 e. The van der Waals surface area contributed by atoms with E-state index < -0.39 is 4.92 Å². The van der Waals surface area contributed by atoms with Crippen molar-refractivity contribution in [3.63, 3.8) is 0 Å². The number of benzene rings is 3. The van der Waals surface area contributed by atoms with Crippen molar-refractivity contribution >= 4 is 22.5 Å². The number of carbonyl (C=O) groups is 1. The number of H-pyrrole nitrogens is 1. The van der Waals surface area contributed by atoms with Gasteiger partial charge in [0.25, 0.3) is 11.6 Å². The Balaban J connectivity index is 1.57. The first kappa shape index (κ1) is 20.7. The van der Waals surface area contributed by atoms with Gasteiger partial charge in [-0.3, -0.25) is 14.9 Å². The van der Waals surface area contributed by atoms with Gasteiger partial charge in [0.05, 0.1) is 4.92 Å². The van der Waals surface area contributed by atoms with Crippen LogP contribution in [-0.4, -0.2) is 46.9 Å². The van der Waals surface area contributed by atoms with Crippen LogP contribution in [0.3, 0.4) is 0 Å². The van der Waals surface area contributed by atoms with Crippen molar-refractivity contribution in [3.05, 3.63) is 88.6 Å². The normalized spacial score (nSPS) is 13.8. The molecular weight excluding hydrogens is 420 g/mol. The minimum absolute atomic E-state index is 0.0204. The van der Waals surface area contributed by atoms with Crippen molar-refractivity contribution in [2.45, 2.75) is 0 Å². The van der Waals surface area contributed by atoms with E-state index in [9.17, 15) is 14.9 Å². The second kappa shape index (κ2) is 8.76. The number of carbonyl (C=O) groups excluding carboxylic acids is 1. The van der Waals surface area contributed by atoms with Crippen LogP contribution < -0.4 is 10.1 Å². The topological polar surface area (TPSA) is 100 Å². The van der Waals surface area contributed by atoms with Gasteiger partial charge in [-0.25, -0.2) is 0 Å². The van der Waals surface area contributed by atoms with Gasteiger partial charge in [-0.05, 0) is 35.9 Å². The molecule has 0 bridgehead atoms. The van der Waals surface area contributed by atoms with Crippen molar-refractivity contribution in [2.75, 3.05) is 26.2 Å². The van der Waals surface area contributed by atoms with Crippen molar-refractivity contribution in [2.24, 2.45) is 0 Å². The summed E-state index contributed by atoms with van der Waals surface area (Å²) in [6.07, 6.45) is 0. The molecule has 5 rings (SSSR count). The molecule has 0 saturated carbocycles. The van der Waals surface area contributed by atoms with Crippen LogP contribution in [0, 0.1) is 10.1 Å². The molecule has 1 aliphatic rings. The molecule has 1 fully saturated rings. The van der Waals surface area contributed by atoms with Crippen LogP contribution in [0.4, 0.5) is 5.69 Å². The Labute approximate surface area is 189 Å². The van der Waals surface area contributed by atoms with Gasteiger partial charge in [-0.15, -0.1) is 0 Å². The van der Waals surface area contributed by atoms with E-state index in [-0.39, 0.29) is 11.6 Å². The quantitative estimate of drug-likeness (QED) is 0.348. The zero-order valence-electron chi connectivity index (χ0n) is 17.8. The molecule has 4 aromatic rings. The summed E-state index contributed by atoms with van der Waals surface area (Å²) in [5.74, 6) is 1.27. The number of fused-ring (bicyclic) bond motifs is 1. The van der Waals surface area contributed by atoms with E-state index in [2.05, 4.69) is 10.3 Å². The molecule has 8 heteroatoms. The summed E-state index contributed by atoms with van der Waals surface area (Å²) in [7, 11) is 0. The third-order valence-electron chi connectivity index (χ3n) is 5.73. The lowest BCUT2D eigenvalue weighted by Gasteiger charge is -2.27. The minimum atomic E-state index is -0.426. The average molecular weight is 442 g/mol. The fraction of sp³-hybridized carbons (Fsp3) is 0.160. The summed E-state index contributed by atoms with van der Waals surface area (Å²) >= 11 is 0. The molecular formula is C25H22N4O4. The van der Waals surface area contributed by atoms with Crippen LogP contribution in [-0.2, 0) is 0 Å². The summed E-state index contributed by atoms with van der Waals surface area (Å²) in [6.45, 7) is 2.69. The summed E-state index contributed by atoms with van der Waals surface area (Å²) < 4.78 is 5.88. The first-order valence-electron chi connectivity index (χ1n) is 10.7. The van der Waals surface area contributed by atoms with E-state index >= 15 is 0 Å². The molecule has 2 N–H and O–H groups in total. The lowest BCUT2D eigenvalue weighted by Crippen LogP contribution is -2.46. The van der Waals surface area contributed by atoms with E-state index in [1.165, 1.54) is 12.1 Å². The average Bonchev–Trinajstić information content (AvgIpc) is 3.24. The predicted molar refractivity (Wildman–Crippen MR) is 126 cm³/mol. The molecule has 33 heavy (non-hydrogen) atoms. The van der Waals surface area contributed by atoms with Gasteiger partial charge in [-0.2, -0.15) is 0 Å². The Bertz CT molecular complexity index is 1310. The van der Waals surface area contributed by atoms with E-state index in [1.807, 2.05) is 54.6 Å². The summed E-state index contributed by atoms with van der Waals surface area (Å²) in [4.78, 5) is 29.4. The molecule has 0 aliphatic carbocycles. The number of non-ortho nitro benzene ring substituents is 1. The van der Waals surface area contributed by atoms with Gasteiger partial charge >= 0.3 is 0 Å².